The van der Waals surface area contributed by atoms with Crippen molar-refractivity contribution in [3.8, 4) is 0 Å². The lowest BCUT2D eigenvalue weighted by Gasteiger charge is -2.22. The van der Waals surface area contributed by atoms with Crippen molar-refractivity contribution in [3.05, 3.63) is 35.1 Å². The molecule has 1 aromatic carbocycles. The summed E-state index contributed by atoms with van der Waals surface area (Å²) in [6.07, 6.45) is 3.55. The van der Waals surface area contributed by atoms with E-state index in [0.29, 0.717) is 18.1 Å². The second kappa shape index (κ2) is 6.12. The zero-order valence-corrected chi connectivity index (χ0v) is 10.3. The van der Waals surface area contributed by atoms with Crippen LogP contribution in [0.15, 0.2) is 18.2 Å². The maximum Gasteiger partial charge on any atom is 0.128 e. The van der Waals surface area contributed by atoms with Gasteiger partial charge < -0.3 is 10.1 Å². The molecular weight excluding hydrogens is 217 g/mol. The number of halogens is 1. The summed E-state index contributed by atoms with van der Waals surface area (Å²) >= 11 is 0. The van der Waals surface area contributed by atoms with Crippen molar-refractivity contribution in [1.82, 2.24) is 5.32 Å². The summed E-state index contributed by atoms with van der Waals surface area (Å²) < 4.78 is 18.4. The quantitative estimate of drug-likeness (QED) is 0.868. The molecule has 94 valence electrons. The van der Waals surface area contributed by atoms with Gasteiger partial charge in [-0.15, -0.1) is 0 Å². The van der Waals surface area contributed by atoms with Crippen molar-refractivity contribution in [1.29, 1.82) is 0 Å². The standard InChI is InChI=1S/C14H20FNO/c1-17-10-13-8-11(4-5-14(13)15)7-12-3-2-6-16-9-12/h4-5,8,12,16H,2-3,6-7,9-10H2,1H3. The number of ether oxygens (including phenoxy) is 1. The highest BCUT2D eigenvalue weighted by molar-refractivity contribution is 5.25. The molecule has 0 spiro atoms. The van der Waals surface area contributed by atoms with E-state index in [2.05, 4.69) is 5.32 Å². The number of hydrogen-bond donors (Lipinski definition) is 1. The molecule has 1 aliphatic heterocycles. The van der Waals surface area contributed by atoms with E-state index < -0.39 is 0 Å². The third-order valence-corrected chi connectivity index (χ3v) is 3.33. The summed E-state index contributed by atoms with van der Waals surface area (Å²) in [5.74, 6) is 0.516. The van der Waals surface area contributed by atoms with Crippen LogP contribution in [0.5, 0.6) is 0 Å². The van der Waals surface area contributed by atoms with Crippen molar-refractivity contribution in [2.75, 3.05) is 20.2 Å². The highest BCUT2D eigenvalue weighted by atomic mass is 19.1. The van der Waals surface area contributed by atoms with Gasteiger partial charge in [0, 0.05) is 12.7 Å². The van der Waals surface area contributed by atoms with Crippen LogP contribution in [0.3, 0.4) is 0 Å². The van der Waals surface area contributed by atoms with Crippen LogP contribution in [-0.4, -0.2) is 20.2 Å². The zero-order valence-electron chi connectivity index (χ0n) is 10.3. The molecule has 0 bridgehead atoms. The third kappa shape index (κ3) is 3.51. The summed E-state index contributed by atoms with van der Waals surface area (Å²) in [6.45, 7) is 2.56. The maximum atomic E-state index is 13.4. The van der Waals surface area contributed by atoms with Crippen LogP contribution in [0.4, 0.5) is 4.39 Å². The third-order valence-electron chi connectivity index (χ3n) is 3.33. The lowest BCUT2D eigenvalue weighted by atomic mass is 9.92. The molecular formula is C14H20FNO. The minimum atomic E-state index is -0.169. The van der Waals surface area contributed by atoms with E-state index in [1.807, 2.05) is 12.1 Å². The summed E-state index contributed by atoms with van der Waals surface area (Å²) in [5, 5.41) is 3.41. The molecule has 2 nitrogen and oxygen atoms in total. The first-order valence-corrected chi connectivity index (χ1v) is 6.26. The first-order valence-electron chi connectivity index (χ1n) is 6.26. The fourth-order valence-electron chi connectivity index (χ4n) is 2.45. The summed E-state index contributed by atoms with van der Waals surface area (Å²) in [7, 11) is 1.59. The van der Waals surface area contributed by atoms with Crippen LogP contribution in [0.1, 0.15) is 24.0 Å². The summed E-state index contributed by atoms with van der Waals surface area (Å²) in [6, 6.07) is 5.39. The minimum absolute atomic E-state index is 0.169. The molecule has 1 saturated heterocycles. The SMILES string of the molecule is COCc1cc(CC2CCCNC2)ccc1F. The highest BCUT2D eigenvalue weighted by Crippen LogP contribution is 2.19. The lowest BCUT2D eigenvalue weighted by Crippen LogP contribution is -2.30. The molecule has 1 fully saturated rings. The highest BCUT2D eigenvalue weighted by Gasteiger charge is 2.14. The Hall–Kier alpha value is -0.930. The lowest BCUT2D eigenvalue weighted by molar-refractivity contribution is 0.181. The Morgan fingerprint density at radius 3 is 3.06 bits per heavy atom. The number of piperidine rings is 1. The van der Waals surface area contributed by atoms with Crippen LogP contribution in [-0.2, 0) is 17.8 Å². The Morgan fingerprint density at radius 1 is 1.47 bits per heavy atom. The number of rotatable bonds is 4. The molecule has 1 N–H and O–H groups in total. The number of hydrogen-bond acceptors (Lipinski definition) is 2. The molecule has 3 heteroatoms. The molecule has 0 radical (unpaired) electrons. The van der Waals surface area contributed by atoms with Crippen molar-refractivity contribution >= 4 is 0 Å². The van der Waals surface area contributed by atoms with Gasteiger partial charge in [-0.3, -0.25) is 0 Å². The van der Waals surface area contributed by atoms with Gasteiger partial charge in [0.25, 0.3) is 0 Å². The van der Waals surface area contributed by atoms with Crippen LogP contribution < -0.4 is 5.32 Å². The minimum Gasteiger partial charge on any atom is -0.380 e. The molecule has 1 heterocycles. The van der Waals surface area contributed by atoms with Gasteiger partial charge in [0.05, 0.1) is 6.61 Å². The molecule has 0 amide bonds. The Bertz CT molecular complexity index is 361. The van der Waals surface area contributed by atoms with Gasteiger partial charge in [0.2, 0.25) is 0 Å². The molecule has 17 heavy (non-hydrogen) atoms. The van der Waals surface area contributed by atoms with Gasteiger partial charge in [0.1, 0.15) is 5.82 Å². The molecule has 1 unspecified atom stereocenters. The van der Waals surface area contributed by atoms with Gasteiger partial charge in [-0.25, -0.2) is 4.39 Å². The van der Waals surface area contributed by atoms with Crippen LogP contribution in [0, 0.1) is 11.7 Å². The van der Waals surface area contributed by atoms with Gasteiger partial charge in [0.15, 0.2) is 0 Å². The fraction of sp³-hybridized carbons (Fsp3) is 0.571. The normalized spacial score (nSPS) is 20.5. The first-order chi connectivity index (χ1) is 8.29. The van der Waals surface area contributed by atoms with Crippen molar-refractivity contribution in [2.45, 2.75) is 25.9 Å². The maximum absolute atomic E-state index is 13.4. The van der Waals surface area contributed by atoms with Crippen LogP contribution >= 0.6 is 0 Å². The smallest absolute Gasteiger partial charge is 0.128 e. The predicted molar refractivity (Wildman–Crippen MR) is 66.4 cm³/mol. The van der Waals surface area contributed by atoms with E-state index in [-0.39, 0.29) is 5.82 Å². The average Bonchev–Trinajstić information content (AvgIpc) is 2.35. The number of methoxy groups -OCH3 is 1. The first kappa shape index (κ1) is 12.5. The van der Waals surface area contributed by atoms with Gasteiger partial charge >= 0.3 is 0 Å². The molecule has 1 aliphatic rings. The second-order valence-corrected chi connectivity index (χ2v) is 4.78. The fourth-order valence-corrected chi connectivity index (χ4v) is 2.45. The molecule has 1 atom stereocenters. The largest absolute Gasteiger partial charge is 0.380 e. The number of nitrogens with one attached hydrogen (secondary N) is 1. The van der Waals surface area contributed by atoms with Gasteiger partial charge in [-0.1, -0.05) is 12.1 Å². The van der Waals surface area contributed by atoms with Gasteiger partial charge in [-0.05, 0) is 49.9 Å². The van der Waals surface area contributed by atoms with E-state index in [9.17, 15) is 4.39 Å². The van der Waals surface area contributed by atoms with Gasteiger partial charge in [-0.2, -0.15) is 0 Å². The van der Waals surface area contributed by atoms with Crippen molar-refractivity contribution in [3.63, 3.8) is 0 Å². The van der Waals surface area contributed by atoms with Crippen LogP contribution in [0.2, 0.25) is 0 Å². The predicted octanol–water partition coefficient (Wildman–Crippen LogP) is 2.51. The molecule has 0 aromatic heterocycles. The second-order valence-electron chi connectivity index (χ2n) is 4.78. The Kier molecular flexibility index (Phi) is 4.51. The monoisotopic (exact) mass is 237 g/mol. The molecule has 0 aliphatic carbocycles. The Balaban J connectivity index is 2.02. The van der Waals surface area contributed by atoms with E-state index in [4.69, 9.17) is 4.74 Å². The molecule has 1 aromatic rings. The number of benzene rings is 1. The van der Waals surface area contributed by atoms with E-state index >= 15 is 0 Å². The van der Waals surface area contributed by atoms with E-state index in [1.54, 1.807) is 13.2 Å². The molecule has 0 saturated carbocycles. The Labute approximate surface area is 102 Å². The summed E-state index contributed by atoms with van der Waals surface area (Å²) in [4.78, 5) is 0. The van der Waals surface area contributed by atoms with Crippen molar-refractivity contribution < 1.29 is 9.13 Å². The average molecular weight is 237 g/mol. The van der Waals surface area contributed by atoms with Crippen LogP contribution in [0.25, 0.3) is 0 Å². The zero-order chi connectivity index (χ0) is 12.1. The molecule has 2 rings (SSSR count). The topological polar surface area (TPSA) is 21.3 Å². The van der Waals surface area contributed by atoms with E-state index in [1.165, 1.54) is 18.4 Å². The summed E-state index contributed by atoms with van der Waals surface area (Å²) in [5.41, 5.74) is 1.88. The Morgan fingerprint density at radius 2 is 2.35 bits per heavy atom. The van der Waals surface area contributed by atoms with E-state index in [0.717, 1.165) is 19.5 Å². The van der Waals surface area contributed by atoms with Crippen molar-refractivity contribution in [2.24, 2.45) is 5.92 Å².